The molecule has 1 atom stereocenters. The fourth-order valence-electron chi connectivity index (χ4n) is 1.62. The van der Waals surface area contributed by atoms with Crippen LogP contribution in [0.1, 0.15) is 21.6 Å². The molecule has 0 aliphatic carbocycles. The monoisotopic (exact) mass is 264 g/mol. The van der Waals surface area contributed by atoms with Crippen molar-refractivity contribution in [3.63, 3.8) is 0 Å². The van der Waals surface area contributed by atoms with Crippen molar-refractivity contribution in [1.82, 2.24) is 10.3 Å². The summed E-state index contributed by atoms with van der Waals surface area (Å²) in [4.78, 5) is 15.2. The number of rotatable bonds is 3. The minimum atomic E-state index is -4.47. The third-order valence-corrected chi connectivity index (χ3v) is 3.98. The van der Waals surface area contributed by atoms with Crippen molar-refractivity contribution in [3.05, 3.63) is 16.1 Å². The highest BCUT2D eigenvalue weighted by Crippen LogP contribution is 2.33. The molecule has 0 saturated carbocycles. The molecule has 3 nitrogen and oxygen atoms in total. The Balaban J connectivity index is 2.11. The summed E-state index contributed by atoms with van der Waals surface area (Å²) in [5.41, 5.74) is 0. The first kappa shape index (κ1) is 12.5. The van der Waals surface area contributed by atoms with Crippen LogP contribution in [0, 0.1) is 11.8 Å². The van der Waals surface area contributed by atoms with Crippen molar-refractivity contribution >= 4 is 17.1 Å². The van der Waals surface area contributed by atoms with Crippen molar-refractivity contribution in [2.45, 2.75) is 13.1 Å². The van der Waals surface area contributed by atoms with Crippen LogP contribution in [0.4, 0.5) is 13.2 Å². The summed E-state index contributed by atoms with van der Waals surface area (Å²) in [6.45, 7) is 3.25. The minimum Gasteiger partial charge on any atom is -0.316 e. The van der Waals surface area contributed by atoms with Crippen molar-refractivity contribution in [2.75, 3.05) is 13.1 Å². The van der Waals surface area contributed by atoms with Crippen LogP contribution in [0.3, 0.4) is 0 Å². The SMILES string of the molecule is CC(C(=O)c1cnc(C(F)(F)F)s1)C1CNC1. The molecule has 1 fully saturated rings. The minimum absolute atomic E-state index is 0.0942. The van der Waals surface area contributed by atoms with E-state index in [-0.39, 0.29) is 22.5 Å². The average Bonchev–Trinajstić information content (AvgIpc) is 2.61. The molecule has 1 aliphatic rings. The third-order valence-electron chi connectivity index (χ3n) is 2.92. The molecule has 1 aromatic heterocycles. The molecule has 0 amide bonds. The van der Waals surface area contributed by atoms with Crippen LogP contribution in [-0.4, -0.2) is 23.9 Å². The van der Waals surface area contributed by atoms with Gasteiger partial charge in [0.05, 0.1) is 4.88 Å². The summed E-state index contributed by atoms with van der Waals surface area (Å²) in [7, 11) is 0. The molecule has 0 bridgehead atoms. The van der Waals surface area contributed by atoms with Gasteiger partial charge in [-0.3, -0.25) is 4.79 Å². The Morgan fingerprint density at radius 1 is 1.59 bits per heavy atom. The smallest absolute Gasteiger partial charge is 0.316 e. The van der Waals surface area contributed by atoms with Gasteiger partial charge < -0.3 is 5.32 Å². The van der Waals surface area contributed by atoms with E-state index in [1.807, 2.05) is 0 Å². The van der Waals surface area contributed by atoms with E-state index >= 15 is 0 Å². The molecule has 1 N–H and O–H groups in total. The Labute approximate surface area is 100 Å². The molecule has 1 unspecified atom stereocenters. The van der Waals surface area contributed by atoms with Crippen molar-refractivity contribution in [3.8, 4) is 0 Å². The molecule has 0 radical (unpaired) electrons. The maximum atomic E-state index is 12.3. The van der Waals surface area contributed by atoms with Gasteiger partial charge in [-0.05, 0) is 19.0 Å². The highest BCUT2D eigenvalue weighted by Gasteiger charge is 2.36. The standard InChI is InChI=1S/C10H11F3N2OS/c1-5(6-2-14-3-6)8(16)7-4-15-9(17-7)10(11,12)13/h4-6,14H,2-3H2,1H3. The van der Waals surface area contributed by atoms with Crippen LogP contribution < -0.4 is 5.32 Å². The predicted molar refractivity (Wildman–Crippen MR) is 57.0 cm³/mol. The third kappa shape index (κ3) is 2.50. The van der Waals surface area contributed by atoms with Crippen LogP contribution >= 0.6 is 11.3 Å². The van der Waals surface area contributed by atoms with E-state index in [2.05, 4.69) is 10.3 Å². The molecule has 0 aromatic carbocycles. The molecule has 1 aromatic rings. The Bertz CT molecular complexity index is 425. The first-order valence-electron chi connectivity index (χ1n) is 5.17. The molecular formula is C10H11F3N2OS. The summed E-state index contributed by atoms with van der Waals surface area (Å²) >= 11 is 0.422. The van der Waals surface area contributed by atoms with Gasteiger partial charge in [-0.2, -0.15) is 13.2 Å². The topological polar surface area (TPSA) is 42.0 Å². The summed E-state index contributed by atoms with van der Waals surface area (Å²) in [6.07, 6.45) is -3.44. The van der Waals surface area contributed by atoms with Crippen LogP contribution in [0.5, 0.6) is 0 Å². The number of ketones is 1. The Morgan fingerprint density at radius 3 is 2.65 bits per heavy atom. The average molecular weight is 264 g/mol. The lowest BCUT2D eigenvalue weighted by Crippen LogP contribution is -2.47. The van der Waals surface area contributed by atoms with Crippen LogP contribution in [0.25, 0.3) is 0 Å². The number of thiazole rings is 1. The summed E-state index contributed by atoms with van der Waals surface area (Å²) in [6, 6.07) is 0. The van der Waals surface area contributed by atoms with Gasteiger partial charge >= 0.3 is 6.18 Å². The largest absolute Gasteiger partial charge is 0.443 e. The number of hydrogen-bond donors (Lipinski definition) is 1. The van der Waals surface area contributed by atoms with Crippen molar-refractivity contribution < 1.29 is 18.0 Å². The number of halogens is 3. The van der Waals surface area contributed by atoms with Crippen LogP contribution in [0.15, 0.2) is 6.20 Å². The lowest BCUT2D eigenvalue weighted by atomic mass is 9.85. The van der Waals surface area contributed by atoms with E-state index < -0.39 is 11.2 Å². The van der Waals surface area contributed by atoms with Gasteiger partial charge in [0.15, 0.2) is 10.8 Å². The zero-order valence-electron chi connectivity index (χ0n) is 9.04. The van der Waals surface area contributed by atoms with E-state index in [0.717, 1.165) is 19.3 Å². The highest BCUT2D eigenvalue weighted by atomic mass is 32.1. The lowest BCUT2D eigenvalue weighted by molar-refractivity contribution is -0.137. The second-order valence-electron chi connectivity index (χ2n) is 4.10. The number of Topliss-reactive ketones (excluding diaryl/α,β-unsaturated/α-hetero) is 1. The van der Waals surface area contributed by atoms with Crippen molar-refractivity contribution in [2.24, 2.45) is 11.8 Å². The van der Waals surface area contributed by atoms with Gasteiger partial charge in [-0.15, -0.1) is 11.3 Å². The van der Waals surface area contributed by atoms with Gasteiger partial charge in [-0.25, -0.2) is 4.98 Å². The molecule has 0 spiro atoms. The van der Waals surface area contributed by atoms with Gasteiger partial charge in [0.25, 0.3) is 0 Å². The second-order valence-corrected chi connectivity index (χ2v) is 5.13. The lowest BCUT2D eigenvalue weighted by Gasteiger charge is -2.31. The van der Waals surface area contributed by atoms with E-state index in [9.17, 15) is 18.0 Å². The number of carbonyl (C=O) groups excluding carboxylic acids is 1. The zero-order chi connectivity index (χ0) is 12.6. The number of nitrogens with zero attached hydrogens (tertiary/aromatic N) is 1. The molecule has 94 valence electrons. The summed E-state index contributed by atoms with van der Waals surface area (Å²) in [5.74, 6) is -0.277. The highest BCUT2D eigenvalue weighted by molar-refractivity contribution is 7.13. The summed E-state index contributed by atoms with van der Waals surface area (Å²) in [5, 5.41) is 2.07. The summed E-state index contributed by atoms with van der Waals surface area (Å²) < 4.78 is 37.0. The normalized spacial score (nSPS) is 18.8. The molecule has 2 rings (SSSR count). The maximum absolute atomic E-state index is 12.3. The van der Waals surface area contributed by atoms with E-state index in [1.165, 1.54) is 0 Å². The van der Waals surface area contributed by atoms with E-state index in [0.29, 0.717) is 11.3 Å². The second kappa shape index (κ2) is 4.38. The van der Waals surface area contributed by atoms with Crippen LogP contribution in [0.2, 0.25) is 0 Å². The fraction of sp³-hybridized carbons (Fsp3) is 0.600. The van der Waals surface area contributed by atoms with Gasteiger partial charge in [0.2, 0.25) is 0 Å². The molecule has 1 aliphatic heterocycles. The Hall–Kier alpha value is -0.950. The van der Waals surface area contributed by atoms with Gasteiger partial charge in [0.1, 0.15) is 0 Å². The van der Waals surface area contributed by atoms with Gasteiger partial charge in [0, 0.05) is 12.1 Å². The predicted octanol–water partition coefficient (Wildman–Crippen LogP) is 2.20. The molecule has 7 heteroatoms. The van der Waals surface area contributed by atoms with E-state index in [4.69, 9.17) is 0 Å². The first-order valence-corrected chi connectivity index (χ1v) is 5.99. The molecule has 2 heterocycles. The molecular weight excluding hydrogens is 253 g/mol. The number of alkyl halides is 3. The number of carbonyl (C=O) groups is 1. The van der Waals surface area contributed by atoms with Gasteiger partial charge in [-0.1, -0.05) is 6.92 Å². The zero-order valence-corrected chi connectivity index (χ0v) is 9.86. The fourth-order valence-corrected chi connectivity index (χ4v) is 2.44. The maximum Gasteiger partial charge on any atom is 0.443 e. The first-order chi connectivity index (χ1) is 7.89. The number of hydrogen-bond acceptors (Lipinski definition) is 4. The Kier molecular flexibility index (Phi) is 3.22. The quantitative estimate of drug-likeness (QED) is 0.851. The number of nitrogens with one attached hydrogen (secondary N) is 1. The number of aromatic nitrogens is 1. The van der Waals surface area contributed by atoms with Crippen LogP contribution in [-0.2, 0) is 6.18 Å². The van der Waals surface area contributed by atoms with Crippen molar-refractivity contribution in [1.29, 1.82) is 0 Å². The molecule has 1 saturated heterocycles. The Morgan fingerprint density at radius 2 is 2.24 bits per heavy atom. The molecule has 17 heavy (non-hydrogen) atoms. The van der Waals surface area contributed by atoms with E-state index in [1.54, 1.807) is 6.92 Å².